The van der Waals surface area contributed by atoms with Gasteiger partial charge in [-0.15, -0.1) is 0 Å². The van der Waals surface area contributed by atoms with E-state index in [0.29, 0.717) is 17.5 Å². The molecule has 7 nitrogen and oxygen atoms in total. The van der Waals surface area contributed by atoms with Gasteiger partial charge in [0.1, 0.15) is 5.82 Å². The highest BCUT2D eigenvalue weighted by Gasteiger charge is 2.40. The number of aromatic nitrogens is 4. The first kappa shape index (κ1) is 21.4. The van der Waals surface area contributed by atoms with Crippen LogP contribution in [0.1, 0.15) is 46.2 Å². The lowest BCUT2D eigenvalue weighted by Crippen LogP contribution is -2.21. The Morgan fingerprint density at radius 2 is 2.00 bits per heavy atom. The van der Waals surface area contributed by atoms with Crippen LogP contribution in [-0.2, 0) is 13.2 Å². The molecule has 0 saturated carbocycles. The number of aromatic amines is 1. The second kappa shape index (κ2) is 7.58. The fourth-order valence-corrected chi connectivity index (χ4v) is 4.78. The van der Waals surface area contributed by atoms with Crippen LogP contribution in [0.4, 0.5) is 19.0 Å². The molecule has 4 aromatic rings. The largest absolute Gasteiger partial charge is 0.418 e. The van der Waals surface area contributed by atoms with Crippen molar-refractivity contribution in [3.05, 3.63) is 53.0 Å². The van der Waals surface area contributed by atoms with E-state index in [1.807, 2.05) is 24.9 Å². The van der Waals surface area contributed by atoms with Crippen LogP contribution in [0.5, 0.6) is 0 Å². The maximum Gasteiger partial charge on any atom is 0.418 e. The van der Waals surface area contributed by atoms with Crippen LogP contribution in [-0.4, -0.2) is 44.1 Å². The number of nitrogens with zero attached hydrogens (tertiary/aromatic N) is 4. The number of halogens is 3. The van der Waals surface area contributed by atoms with Crippen molar-refractivity contribution >= 4 is 33.5 Å². The summed E-state index contributed by atoms with van der Waals surface area (Å²) in [5.41, 5.74) is 1.85. The lowest BCUT2D eigenvalue weighted by Gasteiger charge is -2.20. The van der Waals surface area contributed by atoms with Gasteiger partial charge in [-0.2, -0.15) is 18.3 Å². The third-order valence-corrected chi connectivity index (χ3v) is 6.39. The first-order valence-corrected chi connectivity index (χ1v) is 10.7. The third-order valence-electron chi connectivity index (χ3n) is 6.39. The van der Waals surface area contributed by atoms with Crippen molar-refractivity contribution in [1.82, 2.24) is 24.6 Å². The molecule has 0 radical (unpaired) electrons. The second-order valence-corrected chi connectivity index (χ2v) is 8.56. The van der Waals surface area contributed by atoms with Crippen molar-refractivity contribution in [2.24, 2.45) is 7.05 Å². The summed E-state index contributed by atoms with van der Waals surface area (Å²) in [6, 6.07) is 6.37. The van der Waals surface area contributed by atoms with E-state index in [9.17, 15) is 18.0 Å². The van der Waals surface area contributed by atoms with E-state index in [0.717, 1.165) is 29.6 Å². The fourth-order valence-electron chi connectivity index (χ4n) is 4.78. The number of aryl methyl sites for hydroxylation is 2. The van der Waals surface area contributed by atoms with Crippen molar-refractivity contribution in [2.45, 2.75) is 32.0 Å². The summed E-state index contributed by atoms with van der Waals surface area (Å²) in [7, 11) is 3.63. The molecule has 0 aliphatic carbocycles. The number of nitrogens with one attached hydrogen (secondary N) is 2. The Balaban J connectivity index is 1.49. The van der Waals surface area contributed by atoms with Crippen molar-refractivity contribution < 1.29 is 18.0 Å². The van der Waals surface area contributed by atoms with Crippen LogP contribution in [0.2, 0.25) is 0 Å². The molecule has 0 bridgehead atoms. The van der Waals surface area contributed by atoms with Gasteiger partial charge in [0.25, 0.3) is 5.91 Å². The Morgan fingerprint density at radius 1 is 1.21 bits per heavy atom. The summed E-state index contributed by atoms with van der Waals surface area (Å²) in [6.07, 6.45) is -1.84. The lowest BCUT2D eigenvalue weighted by atomic mass is 10.0. The van der Waals surface area contributed by atoms with Gasteiger partial charge in [0.15, 0.2) is 0 Å². The van der Waals surface area contributed by atoms with E-state index in [1.54, 1.807) is 23.9 Å². The van der Waals surface area contributed by atoms with Gasteiger partial charge in [0, 0.05) is 41.3 Å². The molecular formula is C23H23F3N6O. The quantitative estimate of drug-likeness (QED) is 0.464. The van der Waals surface area contributed by atoms with E-state index in [1.165, 1.54) is 12.3 Å². The first-order valence-electron chi connectivity index (χ1n) is 10.7. The summed E-state index contributed by atoms with van der Waals surface area (Å²) in [5.74, 6) is -0.226. The second-order valence-electron chi connectivity index (χ2n) is 8.56. The molecule has 33 heavy (non-hydrogen) atoms. The number of hydrogen-bond acceptors (Lipinski definition) is 4. The highest BCUT2D eigenvalue weighted by molar-refractivity contribution is 6.06. The normalized spacial score (nSPS) is 17.3. The minimum absolute atomic E-state index is 0.00239. The maximum absolute atomic E-state index is 13.9. The van der Waals surface area contributed by atoms with Crippen molar-refractivity contribution in [2.75, 3.05) is 18.9 Å². The predicted molar refractivity (Wildman–Crippen MR) is 119 cm³/mol. The summed E-state index contributed by atoms with van der Waals surface area (Å²) in [4.78, 5) is 21.8. The van der Waals surface area contributed by atoms with E-state index < -0.39 is 17.6 Å². The summed E-state index contributed by atoms with van der Waals surface area (Å²) < 4.78 is 43.5. The average molecular weight is 456 g/mol. The SMILES string of the molecule is Cc1nn(C)c2cc(C(=O)Nc3cc4[nH]c([C@H]5CCCN5C)c(C(F)(F)F)c4cn3)ccc12. The number of carbonyl (C=O) groups is 1. The molecule has 1 atom stereocenters. The fraction of sp³-hybridized carbons (Fsp3) is 0.348. The molecule has 3 aromatic heterocycles. The molecule has 1 fully saturated rings. The molecule has 4 heterocycles. The maximum atomic E-state index is 13.9. The van der Waals surface area contributed by atoms with Gasteiger partial charge in [0.05, 0.1) is 28.3 Å². The van der Waals surface area contributed by atoms with Crippen molar-refractivity contribution in [1.29, 1.82) is 0 Å². The number of H-pyrrole nitrogens is 1. The van der Waals surface area contributed by atoms with Crippen LogP contribution in [0, 0.1) is 6.92 Å². The molecule has 2 N–H and O–H groups in total. The number of likely N-dealkylation sites (tertiary alicyclic amines) is 1. The van der Waals surface area contributed by atoms with Crippen LogP contribution in [0.25, 0.3) is 21.8 Å². The Labute approximate surface area is 187 Å². The zero-order valence-corrected chi connectivity index (χ0v) is 18.4. The van der Waals surface area contributed by atoms with Gasteiger partial charge in [0.2, 0.25) is 0 Å². The van der Waals surface area contributed by atoms with Crippen LogP contribution in [0.15, 0.2) is 30.5 Å². The Kier molecular flexibility index (Phi) is 4.93. The number of carbonyl (C=O) groups excluding carboxylic acids is 1. The number of fused-ring (bicyclic) bond motifs is 2. The number of alkyl halides is 3. The van der Waals surface area contributed by atoms with Gasteiger partial charge in [-0.3, -0.25) is 14.4 Å². The molecule has 1 aromatic carbocycles. The smallest absolute Gasteiger partial charge is 0.356 e. The summed E-state index contributed by atoms with van der Waals surface area (Å²) in [5, 5.41) is 8.00. The molecule has 10 heteroatoms. The Bertz CT molecular complexity index is 1390. The number of pyridine rings is 1. The zero-order valence-electron chi connectivity index (χ0n) is 18.4. The van der Waals surface area contributed by atoms with Crippen LogP contribution in [0.3, 0.4) is 0 Å². The van der Waals surface area contributed by atoms with Crippen LogP contribution >= 0.6 is 0 Å². The zero-order chi connectivity index (χ0) is 23.5. The monoisotopic (exact) mass is 456 g/mol. The van der Waals surface area contributed by atoms with Gasteiger partial charge >= 0.3 is 6.18 Å². The summed E-state index contributed by atoms with van der Waals surface area (Å²) >= 11 is 0. The average Bonchev–Trinajstić information content (AvgIpc) is 3.42. The van der Waals surface area contributed by atoms with E-state index in [2.05, 4.69) is 20.4 Å². The number of amides is 1. The highest BCUT2D eigenvalue weighted by Crippen LogP contribution is 2.43. The summed E-state index contributed by atoms with van der Waals surface area (Å²) in [6.45, 7) is 2.64. The van der Waals surface area contributed by atoms with Gasteiger partial charge in [-0.05, 0) is 45.5 Å². The van der Waals surface area contributed by atoms with Gasteiger partial charge < -0.3 is 10.3 Å². The van der Waals surface area contributed by atoms with Gasteiger partial charge in [-0.1, -0.05) is 6.07 Å². The molecule has 5 rings (SSSR count). The minimum atomic E-state index is -4.51. The number of hydrogen-bond donors (Lipinski definition) is 2. The van der Waals surface area contributed by atoms with Crippen molar-refractivity contribution in [3.8, 4) is 0 Å². The lowest BCUT2D eigenvalue weighted by molar-refractivity contribution is -0.137. The Hall–Kier alpha value is -3.40. The molecular weight excluding hydrogens is 433 g/mol. The van der Waals surface area contributed by atoms with Crippen LogP contribution < -0.4 is 5.32 Å². The third kappa shape index (κ3) is 3.64. The predicted octanol–water partition coefficient (Wildman–Crippen LogP) is 4.80. The molecule has 1 aliphatic rings. The molecule has 0 spiro atoms. The molecule has 172 valence electrons. The topological polar surface area (TPSA) is 78.8 Å². The number of rotatable bonds is 3. The number of anilines is 1. The van der Waals surface area contributed by atoms with E-state index in [-0.39, 0.29) is 22.9 Å². The highest BCUT2D eigenvalue weighted by atomic mass is 19.4. The molecule has 1 aliphatic heterocycles. The molecule has 1 amide bonds. The standard InChI is InChI=1S/C23H23F3N6O/c1-12-14-7-6-13(9-18(14)32(3)30-12)22(33)29-19-10-16-15(11-27-19)20(23(24,25)26)21(28-16)17-5-4-8-31(17)2/h6-7,9-11,17,28H,4-5,8H2,1-3H3,(H,27,29,33)/t17-/m1/s1. The molecule has 0 unspecified atom stereocenters. The molecule has 1 saturated heterocycles. The van der Waals surface area contributed by atoms with E-state index >= 15 is 0 Å². The number of benzene rings is 1. The van der Waals surface area contributed by atoms with E-state index in [4.69, 9.17) is 0 Å². The first-order chi connectivity index (χ1) is 15.6. The van der Waals surface area contributed by atoms with Crippen molar-refractivity contribution in [3.63, 3.8) is 0 Å². The minimum Gasteiger partial charge on any atom is -0.356 e. The van der Waals surface area contributed by atoms with Gasteiger partial charge in [-0.25, -0.2) is 4.98 Å². The Morgan fingerprint density at radius 3 is 2.70 bits per heavy atom.